The van der Waals surface area contributed by atoms with Gasteiger partial charge in [0.1, 0.15) is 0 Å². The van der Waals surface area contributed by atoms with Crippen molar-refractivity contribution in [2.75, 3.05) is 0 Å². The quantitative estimate of drug-likeness (QED) is 0.440. The van der Waals surface area contributed by atoms with Crippen LogP contribution >= 0.6 is 14.5 Å². The number of rotatable bonds is 0. The van der Waals surface area contributed by atoms with Crippen molar-refractivity contribution in [2.45, 2.75) is 0 Å². The van der Waals surface area contributed by atoms with Gasteiger partial charge in [0.15, 0.2) is 0 Å². The van der Waals surface area contributed by atoms with Crippen LogP contribution in [0.5, 0.6) is 0 Å². The topological polar surface area (TPSA) is 0 Å². The van der Waals surface area contributed by atoms with E-state index in [-0.39, 0.29) is 20.4 Å². The van der Waals surface area contributed by atoms with Crippen molar-refractivity contribution in [2.24, 2.45) is 0 Å². The molecular formula is CuP2Pd. The van der Waals surface area contributed by atoms with Crippen LogP contribution in [0.4, 0.5) is 0 Å². The van der Waals surface area contributed by atoms with Crippen LogP contribution < -0.4 is 0 Å². The largest absolute Gasteiger partial charge is 0 e. The molecule has 0 aromatic carbocycles. The van der Waals surface area contributed by atoms with E-state index in [9.17, 15) is 0 Å². The molecule has 0 saturated heterocycles. The zero-order valence-corrected chi connectivity index (χ0v) is 5.80. The molecular weight excluding hydrogens is 232 g/mol. The first-order chi connectivity index (χ1) is 1.41. The summed E-state index contributed by atoms with van der Waals surface area (Å²) in [7, 11) is 7.12. The van der Waals surface area contributed by atoms with Gasteiger partial charge < -0.3 is 0 Å². The van der Waals surface area contributed by atoms with Crippen molar-refractivity contribution in [3.63, 3.8) is 0 Å². The van der Waals surface area contributed by atoms with E-state index in [0.717, 1.165) is 0 Å². The Bertz CT molecular complexity index is 79.2. The zero-order valence-electron chi connectivity index (χ0n) is 1.51. The third-order valence-electron chi connectivity index (χ3n) is 0. The maximum absolute atomic E-state index is 3.56. The summed E-state index contributed by atoms with van der Waals surface area (Å²) in [5.74, 6) is 0. The molecule has 0 heterocycles. The van der Waals surface area contributed by atoms with Gasteiger partial charge in [-0.05, 0) is 0 Å². The Balaban J connectivity index is 0. The first kappa shape index (κ1) is 9.40. The molecule has 31 valence electrons. The Hall–Kier alpha value is 2.04. The van der Waals surface area contributed by atoms with Gasteiger partial charge in [-0.2, -0.15) is 0 Å². The van der Waals surface area contributed by atoms with Crippen LogP contribution in [0.25, 0.3) is 0 Å². The molecule has 0 rings (SSSR count). The second kappa shape index (κ2) is 8.90. The molecule has 4 heteroatoms. The molecule has 0 fully saturated rings. The minimum atomic E-state index is 0. The summed E-state index contributed by atoms with van der Waals surface area (Å²) in [6.07, 6.45) is 0. The molecule has 0 amide bonds. The molecule has 0 aromatic heterocycles. The van der Waals surface area contributed by atoms with Crippen molar-refractivity contribution >= 4 is 14.5 Å². The number of hydrogen-bond donors (Lipinski definition) is 0. The van der Waals surface area contributed by atoms with Gasteiger partial charge in [-0.3, -0.25) is 0 Å². The van der Waals surface area contributed by atoms with Crippen LogP contribution in [-0.4, -0.2) is 0 Å². The van der Waals surface area contributed by atoms with Gasteiger partial charge in [0, 0.05) is 20.4 Å². The summed E-state index contributed by atoms with van der Waals surface area (Å²) in [6.45, 7) is 0. The molecule has 0 nitrogen and oxygen atoms in total. The summed E-state index contributed by atoms with van der Waals surface area (Å²) in [5, 5.41) is 0. The average molecular weight is 232 g/mol. The van der Waals surface area contributed by atoms with E-state index in [2.05, 4.69) is 14.5 Å². The van der Waals surface area contributed by atoms with E-state index in [1.807, 2.05) is 0 Å². The minimum absolute atomic E-state index is 0. The van der Waals surface area contributed by atoms with Crippen molar-refractivity contribution in [1.82, 2.24) is 0 Å². The summed E-state index contributed by atoms with van der Waals surface area (Å²) in [6, 6.07) is 0. The van der Waals surface area contributed by atoms with Gasteiger partial charge in [-0.15, -0.1) is 0 Å². The average Bonchev–Trinajstić information content (AvgIpc) is 0.918. The molecule has 0 aliphatic heterocycles. The molecule has 0 bridgehead atoms. The third kappa shape index (κ3) is 8.97. The Morgan fingerprint density at radius 2 is 1.25 bits per heavy atom. The SMILES string of the molecule is [P]#[Cu]#[P].[Pd]. The molecule has 0 unspecified atom stereocenters. The van der Waals surface area contributed by atoms with Crippen LogP contribution in [0.2, 0.25) is 0 Å². The Morgan fingerprint density at radius 3 is 1.25 bits per heavy atom. The fraction of sp³-hybridized carbons (Fsp3) is 0. The van der Waals surface area contributed by atoms with Crippen LogP contribution in [0, 0.1) is 0 Å². The summed E-state index contributed by atoms with van der Waals surface area (Å²) >= 11 is 1.20. The second-order valence-corrected chi connectivity index (χ2v) is 2.24. The molecule has 0 aliphatic rings. The van der Waals surface area contributed by atoms with E-state index in [4.69, 9.17) is 0 Å². The van der Waals surface area contributed by atoms with E-state index in [0.29, 0.717) is 0 Å². The molecule has 4 heavy (non-hydrogen) atoms. The van der Waals surface area contributed by atoms with Gasteiger partial charge in [0.05, 0.1) is 0 Å². The molecule has 0 atom stereocenters. The van der Waals surface area contributed by atoms with Gasteiger partial charge >= 0.3 is 27.2 Å². The van der Waals surface area contributed by atoms with Crippen molar-refractivity contribution in [1.29, 1.82) is 0 Å². The molecule has 0 aromatic rings. The Labute approximate surface area is 47.6 Å². The summed E-state index contributed by atoms with van der Waals surface area (Å²) in [4.78, 5) is 0. The van der Waals surface area contributed by atoms with E-state index < -0.39 is 0 Å². The molecule has 0 aliphatic carbocycles. The maximum Gasteiger partial charge on any atom is 0 e. The summed E-state index contributed by atoms with van der Waals surface area (Å²) in [5.41, 5.74) is 0. The standard InChI is InChI=1S/Cu.2P.Pd. The van der Waals surface area contributed by atoms with Crippen LogP contribution in [0.1, 0.15) is 0 Å². The minimum Gasteiger partial charge on any atom is 0 e. The number of hydrogen-bond acceptors (Lipinski definition) is 0. The second-order valence-electron chi connectivity index (χ2n) is 0.0603. The van der Waals surface area contributed by atoms with Crippen molar-refractivity contribution in [3.05, 3.63) is 0 Å². The van der Waals surface area contributed by atoms with Crippen molar-refractivity contribution < 1.29 is 33.1 Å². The molecule has 0 spiro atoms. The van der Waals surface area contributed by atoms with Gasteiger partial charge in [0.25, 0.3) is 0 Å². The first-order valence-electron chi connectivity index (χ1n) is 0.270. The third-order valence-corrected chi connectivity index (χ3v) is 0. The first-order valence-corrected chi connectivity index (χ1v) is 3.34. The van der Waals surface area contributed by atoms with Crippen LogP contribution in [0.15, 0.2) is 0 Å². The Morgan fingerprint density at radius 1 is 1.25 bits per heavy atom. The van der Waals surface area contributed by atoms with Crippen molar-refractivity contribution in [3.8, 4) is 0 Å². The predicted molar refractivity (Wildman–Crippen MR) is 13.8 cm³/mol. The normalized spacial score (nSPS) is 3.50. The van der Waals surface area contributed by atoms with Gasteiger partial charge in [-0.1, -0.05) is 0 Å². The molecule has 0 saturated carbocycles. The predicted octanol–water partition coefficient (Wildman–Crippen LogP) is 1.72. The van der Waals surface area contributed by atoms with Crippen LogP contribution in [0.3, 0.4) is 0 Å². The fourth-order valence-corrected chi connectivity index (χ4v) is 0. The smallest absolute Gasteiger partial charge is 0 e. The van der Waals surface area contributed by atoms with Gasteiger partial charge in [-0.25, -0.2) is 0 Å². The maximum atomic E-state index is 3.56. The molecule has 0 radical (unpaired) electrons. The van der Waals surface area contributed by atoms with E-state index >= 15 is 0 Å². The van der Waals surface area contributed by atoms with Gasteiger partial charge in [0.2, 0.25) is 0 Å². The summed E-state index contributed by atoms with van der Waals surface area (Å²) < 4.78 is 0. The molecule has 0 N–H and O–H groups in total. The zero-order chi connectivity index (χ0) is 2.71. The fourth-order valence-electron chi connectivity index (χ4n) is 0. The van der Waals surface area contributed by atoms with Crippen LogP contribution in [-0.2, 0) is 33.1 Å². The van der Waals surface area contributed by atoms with E-state index in [1.54, 1.807) is 0 Å². The van der Waals surface area contributed by atoms with E-state index in [1.165, 1.54) is 12.7 Å². The Kier molecular flexibility index (Phi) is 20.9. The monoisotopic (exact) mass is 231 g/mol.